The van der Waals surface area contributed by atoms with Crippen molar-refractivity contribution in [1.82, 2.24) is 4.57 Å². The second-order valence-electron chi connectivity index (χ2n) is 7.49. The van der Waals surface area contributed by atoms with Crippen LogP contribution in [-0.2, 0) is 0 Å². The molecule has 1 heterocycles. The van der Waals surface area contributed by atoms with E-state index in [-0.39, 0.29) is 17.9 Å². The minimum atomic E-state index is -0.518. The summed E-state index contributed by atoms with van der Waals surface area (Å²) in [4.78, 5) is 11.9. The zero-order valence-electron chi connectivity index (χ0n) is 16.4. The van der Waals surface area contributed by atoms with E-state index >= 15 is 0 Å². The first-order chi connectivity index (χ1) is 14.5. The number of aliphatic hydroxyl groups excluding tert-OH is 1. The summed E-state index contributed by atoms with van der Waals surface area (Å²) in [6.45, 7) is 0. The van der Waals surface area contributed by atoms with Crippen molar-refractivity contribution in [2.24, 2.45) is 5.73 Å². The Hall–Kier alpha value is -3.32. The number of aliphatic hydroxyl groups is 1. The fraction of sp³-hybridized carbons (Fsp3) is 0.261. The van der Waals surface area contributed by atoms with E-state index in [0.717, 1.165) is 31.4 Å². The maximum Gasteiger partial charge on any atom is 0.250 e. The SMILES string of the molecule is NC(=O)c1ccc(-n2cccc2Oc2ccccc2F)cc1NC1CCC(O)CC1. The fourth-order valence-corrected chi connectivity index (χ4v) is 3.76. The Morgan fingerprint density at radius 3 is 2.60 bits per heavy atom. The van der Waals surface area contributed by atoms with Crippen molar-refractivity contribution < 1.29 is 19.0 Å². The summed E-state index contributed by atoms with van der Waals surface area (Å²) in [5.41, 5.74) is 7.34. The zero-order chi connectivity index (χ0) is 21.1. The molecule has 0 atom stereocenters. The molecule has 156 valence electrons. The molecular weight excluding hydrogens is 385 g/mol. The quantitative estimate of drug-likeness (QED) is 0.569. The summed E-state index contributed by atoms with van der Waals surface area (Å²) >= 11 is 0. The highest BCUT2D eigenvalue weighted by Gasteiger charge is 2.21. The number of nitrogens with one attached hydrogen (secondary N) is 1. The molecule has 0 spiro atoms. The molecule has 1 amide bonds. The summed E-state index contributed by atoms with van der Waals surface area (Å²) in [6.07, 6.45) is 4.62. The summed E-state index contributed by atoms with van der Waals surface area (Å²) in [5, 5.41) is 13.1. The number of halogens is 1. The molecule has 0 radical (unpaired) electrons. The Labute approximate surface area is 174 Å². The highest BCUT2D eigenvalue weighted by Crippen LogP contribution is 2.30. The van der Waals surface area contributed by atoms with Crippen molar-refractivity contribution in [3.8, 4) is 17.3 Å². The van der Waals surface area contributed by atoms with E-state index in [1.807, 2.05) is 6.07 Å². The van der Waals surface area contributed by atoms with Crippen LogP contribution >= 0.6 is 0 Å². The van der Waals surface area contributed by atoms with E-state index in [1.165, 1.54) is 6.07 Å². The summed E-state index contributed by atoms with van der Waals surface area (Å²) in [5.74, 6) is -0.393. The predicted octanol–water partition coefficient (Wildman–Crippen LogP) is 4.22. The third-order valence-corrected chi connectivity index (χ3v) is 5.37. The minimum Gasteiger partial charge on any atom is -0.437 e. The zero-order valence-corrected chi connectivity index (χ0v) is 16.4. The van der Waals surface area contributed by atoms with Gasteiger partial charge in [0.05, 0.1) is 17.4 Å². The van der Waals surface area contributed by atoms with Crippen LogP contribution in [-0.4, -0.2) is 27.7 Å². The van der Waals surface area contributed by atoms with Gasteiger partial charge in [0.15, 0.2) is 11.6 Å². The Kier molecular flexibility index (Phi) is 5.72. The predicted molar refractivity (Wildman–Crippen MR) is 113 cm³/mol. The first-order valence-electron chi connectivity index (χ1n) is 10.00. The Morgan fingerprint density at radius 1 is 1.10 bits per heavy atom. The number of primary amides is 1. The smallest absolute Gasteiger partial charge is 0.250 e. The van der Waals surface area contributed by atoms with Crippen molar-refractivity contribution in [2.45, 2.75) is 37.8 Å². The van der Waals surface area contributed by atoms with Crippen LogP contribution in [0.4, 0.5) is 10.1 Å². The molecule has 30 heavy (non-hydrogen) atoms. The molecule has 0 aliphatic heterocycles. The van der Waals surface area contributed by atoms with Gasteiger partial charge in [-0.2, -0.15) is 0 Å². The summed E-state index contributed by atoms with van der Waals surface area (Å²) in [7, 11) is 0. The third kappa shape index (κ3) is 4.31. The number of carbonyl (C=O) groups is 1. The Bertz CT molecular complexity index is 1040. The van der Waals surface area contributed by atoms with Gasteiger partial charge in [-0.15, -0.1) is 0 Å². The number of benzene rings is 2. The number of carbonyl (C=O) groups excluding carboxylic acids is 1. The molecule has 7 heteroatoms. The lowest BCUT2D eigenvalue weighted by Crippen LogP contribution is -2.29. The second-order valence-corrected chi connectivity index (χ2v) is 7.49. The minimum absolute atomic E-state index is 0.130. The van der Waals surface area contributed by atoms with E-state index in [1.54, 1.807) is 53.2 Å². The normalized spacial score (nSPS) is 18.7. The van der Waals surface area contributed by atoms with Crippen LogP contribution in [0.25, 0.3) is 5.69 Å². The number of hydrogen-bond donors (Lipinski definition) is 3. The molecule has 1 aliphatic rings. The van der Waals surface area contributed by atoms with Crippen molar-refractivity contribution in [3.63, 3.8) is 0 Å². The van der Waals surface area contributed by atoms with E-state index in [0.29, 0.717) is 17.1 Å². The van der Waals surface area contributed by atoms with Crippen LogP contribution < -0.4 is 15.8 Å². The van der Waals surface area contributed by atoms with Crippen molar-refractivity contribution >= 4 is 11.6 Å². The van der Waals surface area contributed by atoms with E-state index in [4.69, 9.17) is 10.5 Å². The topological polar surface area (TPSA) is 89.5 Å². The van der Waals surface area contributed by atoms with Crippen LogP contribution in [0.15, 0.2) is 60.8 Å². The van der Waals surface area contributed by atoms with Gasteiger partial charge in [0.1, 0.15) is 0 Å². The molecule has 1 aliphatic carbocycles. The first kappa shape index (κ1) is 20.0. The van der Waals surface area contributed by atoms with Gasteiger partial charge in [-0.3, -0.25) is 9.36 Å². The number of nitrogens with zero attached hydrogens (tertiary/aromatic N) is 1. The lowest BCUT2D eigenvalue weighted by atomic mass is 9.92. The van der Waals surface area contributed by atoms with E-state index in [2.05, 4.69) is 5.32 Å². The van der Waals surface area contributed by atoms with Crippen molar-refractivity contribution in [1.29, 1.82) is 0 Å². The standard InChI is InChI=1S/C23H24FN3O3/c24-19-4-1-2-5-21(19)30-22-6-3-13-27(22)16-9-12-18(23(25)29)20(14-16)26-15-7-10-17(28)11-8-15/h1-6,9,12-15,17,26,28H,7-8,10-11H2,(H2,25,29). The highest BCUT2D eigenvalue weighted by atomic mass is 19.1. The molecule has 4 N–H and O–H groups in total. The van der Waals surface area contributed by atoms with E-state index < -0.39 is 11.7 Å². The second kappa shape index (κ2) is 8.59. The number of hydrogen-bond acceptors (Lipinski definition) is 4. The van der Waals surface area contributed by atoms with Crippen LogP contribution in [0.2, 0.25) is 0 Å². The molecule has 4 rings (SSSR count). The van der Waals surface area contributed by atoms with Crippen molar-refractivity contribution in [2.75, 3.05) is 5.32 Å². The molecule has 1 fully saturated rings. The Morgan fingerprint density at radius 2 is 1.87 bits per heavy atom. The summed E-state index contributed by atoms with van der Waals surface area (Å²) < 4.78 is 21.5. The van der Waals surface area contributed by atoms with Crippen LogP contribution in [0.5, 0.6) is 11.6 Å². The van der Waals surface area contributed by atoms with E-state index in [9.17, 15) is 14.3 Å². The number of anilines is 1. The number of amides is 1. The maximum absolute atomic E-state index is 14.0. The molecule has 3 aromatic rings. The molecular formula is C23H24FN3O3. The average molecular weight is 409 g/mol. The van der Waals surface area contributed by atoms with Gasteiger partial charge in [0, 0.05) is 24.0 Å². The number of rotatable bonds is 6. The van der Waals surface area contributed by atoms with Crippen LogP contribution in [0, 0.1) is 5.82 Å². The molecule has 1 aromatic heterocycles. The van der Waals surface area contributed by atoms with Gasteiger partial charge < -0.3 is 20.9 Å². The van der Waals surface area contributed by atoms with Crippen LogP contribution in [0.1, 0.15) is 36.0 Å². The molecule has 0 unspecified atom stereocenters. The first-order valence-corrected chi connectivity index (χ1v) is 10.00. The van der Waals surface area contributed by atoms with Gasteiger partial charge in [0.25, 0.3) is 5.91 Å². The Balaban J connectivity index is 1.63. The largest absolute Gasteiger partial charge is 0.437 e. The van der Waals surface area contributed by atoms with Gasteiger partial charge in [0.2, 0.25) is 5.88 Å². The number of para-hydroxylation sites is 1. The average Bonchev–Trinajstić information content (AvgIpc) is 3.19. The van der Waals surface area contributed by atoms with Gasteiger partial charge in [-0.1, -0.05) is 12.1 Å². The highest BCUT2D eigenvalue weighted by molar-refractivity contribution is 5.99. The fourth-order valence-electron chi connectivity index (χ4n) is 3.76. The summed E-state index contributed by atoms with van der Waals surface area (Å²) in [6, 6.07) is 15.2. The number of nitrogens with two attached hydrogens (primary N) is 1. The van der Waals surface area contributed by atoms with Crippen molar-refractivity contribution in [3.05, 3.63) is 72.2 Å². The molecule has 0 saturated heterocycles. The van der Waals surface area contributed by atoms with Gasteiger partial charge >= 0.3 is 0 Å². The third-order valence-electron chi connectivity index (χ3n) is 5.37. The maximum atomic E-state index is 14.0. The molecule has 0 bridgehead atoms. The number of ether oxygens (including phenoxy) is 1. The lowest BCUT2D eigenvalue weighted by molar-refractivity contribution is 0.100. The molecule has 1 saturated carbocycles. The lowest BCUT2D eigenvalue weighted by Gasteiger charge is -2.28. The van der Waals surface area contributed by atoms with Gasteiger partial charge in [-0.25, -0.2) is 4.39 Å². The monoisotopic (exact) mass is 409 g/mol. The molecule has 2 aromatic carbocycles. The molecule has 6 nitrogen and oxygen atoms in total. The van der Waals surface area contributed by atoms with Crippen LogP contribution in [0.3, 0.4) is 0 Å². The number of aromatic nitrogens is 1. The van der Waals surface area contributed by atoms with Gasteiger partial charge in [-0.05, 0) is 62.1 Å².